The lowest BCUT2D eigenvalue weighted by Gasteiger charge is -2.13. The number of nitrogens with two attached hydrogens (primary N) is 1. The van der Waals surface area contributed by atoms with Crippen LogP contribution in [0.1, 0.15) is 19.3 Å². The van der Waals surface area contributed by atoms with Crippen molar-refractivity contribution in [3.8, 4) is 0 Å². The van der Waals surface area contributed by atoms with Crippen LogP contribution >= 0.6 is 11.8 Å². The van der Waals surface area contributed by atoms with Gasteiger partial charge in [0.25, 0.3) is 0 Å². The average Bonchev–Trinajstić information content (AvgIpc) is 3.08. The van der Waals surface area contributed by atoms with Crippen molar-refractivity contribution in [2.24, 2.45) is 16.3 Å². The number of nitrogens with zero attached hydrogens (tertiary/aromatic N) is 1. The van der Waals surface area contributed by atoms with Crippen LogP contribution in [0.5, 0.6) is 0 Å². The molecule has 0 heterocycles. The van der Waals surface area contributed by atoms with Gasteiger partial charge in [-0.1, -0.05) is 23.4 Å². The smallest absolute Gasteiger partial charge is 0.139 e. The maximum absolute atomic E-state index is 8.57. The molecule has 0 radical (unpaired) electrons. The number of thioether (sulfide) groups is 1. The molecule has 1 aliphatic rings. The Kier molecular flexibility index (Phi) is 3.39. The summed E-state index contributed by atoms with van der Waals surface area (Å²) in [5.74, 6) is 1.40. The van der Waals surface area contributed by atoms with Crippen LogP contribution in [0.15, 0.2) is 40.4 Å². The van der Waals surface area contributed by atoms with Crippen LogP contribution in [0, 0.1) is 5.41 Å². The van der Waals surface area contributed by atoms with Crippen molar-refractivity contribution in [3.05, 3.63) is 30.3 Å². The summed E-state index contributed by atoms with van der Waals surface area (Å²) < 4.78 is 0. The van der Waals surface area contributed by atoms with Crippen molar-refractivity contribution in [1.82, 2.24) is 0 Å². The first-order valence-electron chi connectivity index (χ1n) is 5.38. The molecule has 1 aromatic rings. The first-order valence-corrected chi connectivity index (χ1v) is 6.37. The summed E-state index contributed by atoms with van der Waals surface area (Å²) in [4.78, 5) is 1.29. The second kappa shape index (κ2) is 4.78. The largest absolute Gasteiger partial charge is 0.409 e. The van der Waals surface area contributed by atoms with Crippen LogP contribution in [-0.4, -0.2) is 16.8 Å². The number of oxime groups is 1. The van der Waals surface area contributed by atoms with Gasteiger partial charge >= 0.3 is 0 Å². The number of hydrogen-bond acceptors (Lipinski definition) is 3. The Labute approximate surface area is 99.7 Å². The molecule has 86 valence electrons. The SMILES string of the molecule is NC(CC1(CSc2ccccc2)CC1)=NO. The lowest BCUT2D eigenvalue weighted by molar-refractivity contribution is 0.315. The van der Waals surface area contributed by atoms with Crippen molar-refractivity contribution in [3.63, 3.8) is 0 Å². The van der Waals surface area contributed by atoms with Gasteiger partial charge in [0.1, 0.15) is 5.84 Å². The van der Waals surface area contributed by atoms with E-state index in [4.69, 9.17) is 10.9 Å². The van der Waals surface area contributed by atoms with Gasteiger partial charge in [-0.3, -0.25) is 0 Å². The molecule has 0 aliphatic heterocycles. The predicted molar refractivity (Wildman–Crippen MR) is 66.9 cm³/mol. The Morgan fingerprint density at radius 2 is 2.06 bits per heavy atom. The standard InChI is InChI=1S/C12H16N2OS/c13-11(14-15)8-12(6-7-12)9-16-10-4-2-1-3-5-10/h1-5,15H,6-9H2,(H2,13,14). The highest BCUT2D eigenvalue weighted by molar-refractivity contribution is 7.99. The van der Waals surface area contributed by atoms with E-state index in [0.717, 1.165) is 5.75 Å². The Hall–Kier alpha value is -1.16. The molecule has 0 unspecified atom stereocenters. The van der Waals surface area contributed by atoms with E-state index in [1.165, 1.54) is 17.7 Å². The minimum absolute atomic E-state index is 0.275. The second-order valence-electron chi connectivity index (χ2n) is 4.37. The van der Waals surface area contributed by atoms with Gasteiger partial charge in [0, 0.05) is 17.1 Å². The minimum atomic E-state index is 0.275. The number of rotatable bonds is 5. The van der Waals surface area contributed by atoms with E-state index < -0.39 is 0 Å². The third-order valence-electron chi connectivity index (χ3n) is 2.93. The molecule has 0 bridgehead atoms. The van der Waals surface area contributed by atoms with Gasteiger partial charge in [-0.05, 0) is 30.4 Å². The van der Waals surface area contributed by atoms with Crippen molar-refractivity contribution >= 4 is 17.6 Å². The van der Waals surface area contributed by atoms with Gasteiger partial charge in [0.15, 0.2) is 0 Å². The van der Waals surface area contributed by atoms with Gasteiger partial charge < -0.3 is 10.9 Å². The van der Waals surface area contributed by atoms with E-state index in [0.29, 0.717) is 12.3 Å². The van der Waals surface area contributed by atoms with E-state index in [1.54, 1.807) is 0 Å². The normalized spacial score (nSPS) is 18.4. The Bertz CT molecular complexity index is 374. The fourth-order valence-corrected chi connectivity index (χ4v) is 2.93. The summed E-state index contributed by atoms with van der Waals surface area (Å²) >= 11 is 1.85. The molecule has 0 amide bonds. The molecule has 0 atom stereocenters. The average molecular weight is 236 g/mol. The third-order valence-corrected chi connectivity index (χ3v) is 4.29. The van der Waals surface area contributed by atoms with Crippen molar-refractivity contribution in [2.75, 3.05) is 5.75 Å². The van der Waals surface area contributed by atoms with E-state index in [2.05, 4.69) is 17.3 Å². The molecule has 0 saturated heterocycles. The monoisotopic (exact) mass is 236 g/mol. The first kappa shape index (κ1) is 11.3. The van der Waals surface area contributed by atoms with E-state index >= 15 is 0 Å². The van der Waals surface area contributed by atoms with Gasteiger partial charge in [-0.2, -0.15) is 0 Å². The van der Waals surface area contributed by atoms with Crippen LogP contribution in [0.4, 0.5) is 0 Å². The molecule has 16 heavy (non-hydrogen) atoms. The van der Waals surface area contributed by atoms with E-state index in [1.807, 2.05) is 30.0 Å². The minimum Gasteiger partial charge on any atom is -0.409 e. The zero-order chi connectivity index (χ0) is 11.4. The topological polar surface area (TPSA) is 58.6 Å². The molecular formula is C12H16N2OS. The highest BCUT2D eigenvalue weighted by Crippen LogP contribution is 2.51. The van der Waals surface area contributed by atoms with E-state index in [9.17, 15) is 0 Å². The zero-order valence-electron chi connectivity index (χ0n) is 9.10. The van der Waals surface area contributed by atoms with Gasteiger partial charge in [-0.15, -0.1) is 11.8 Å². The quantitative estimate of drug-likeness (QED) is 0.272. The van der Waals surface area contributed by atoms with Crippen LogP contribution < -0.4 is 5.73 Å². The van der Waals surface area contributed by atoms with Gasteiger partial charge in [0.2, 0.25) is 0 Å². The molecule has 1 saturated carbocycles. The fourth-order valence-electron chi connectivity index (χ4n) is 1.72. The molecule has 3 nitrogen and oxygen atoms in total. The lowest BCUT2D eigenvalue weighted by atomic mass is 10.1. The van der Waals surface area contributed by atoms with Crippen molar-refractivity contribution < 1.29 is 5.21 Å². The van der Waals surface area contributed by atoms with Crippen LogP contribution in [0.3, 0.4) is 0 Å². The predicted octanol–water partition coefficient (Wildman–Crippen LogP) is 2.70. The fraction of sp³-hybridized carbons (Fsp3) is 0.417. The number of amidine groups is 1. The molecule has 0 spiro atoms. The summed E-state index contributed by atoms with van der Waals surface area (Å²) in [5.41, 5.74) is 5.83. The van der Waals surface area contributed by atoms with Gasteiger partial charge in [0.05, 0.1) is 0 Å². The van der Waals surface area contributed by atoms with Crippen molar-refractivity contribution in [1.29, 1.82) is 0 Å². The van der Waals surface area contributed by atoms with Crippen molar-refractivity contribution in [2.45, 2.75) is 24.2 Å². The van der Waals surface area contributed by atoms with E-state index in [-0.39, 0.29) is 5.41 Å². The molecule has 4 heteroatoms. The molecule has 0 aromatic heterocycles. The second-order valence-corrected chi connectivity index (χ2v) is 5.42. The summed E-state index contributed by atoms with van der Waals surface area (Å²) in [6, 6.07) is 10.3. The summed E-state index contributed by atoms with van der Waals surface area (Å²) in [6.07, 6.45) is 3.08. The molecule has 1 fully saturated rings. The molecule has 1 aliphatic carbocycles. The third kappa shape index (κ3) is 2.92. The van der Waals surface area contributed by atoms with Crippen LogP contribution in [-0.2, 0) is 0 Å². The van der Waals surface area contributed by atoms with Gasteiger partial charge in [-0.25, -0.2) is 0 Å². The molecule has 3 N–H and O–H groups in total. The maximum atomic E-state index is 8.57. The highest BCUT2D eigenvalue weighted by atomic mass is 32.2. The number of hydrogen-bond donors (Lipinski definition) is 2. The summed E-state index contributed by atoms with van der Waals surface area (Å²) in [7, 11) is 0. The zero-order valence-corrected chi connectivity index (χ0v) is 9.91. The summed E-state index contributed by atoms with van der Waals surface area (Å²) in [5, 5.41) is 11.6. The highest BCUT2D eigenvalue weighted by Gasteiger charge is 2.43. The Morgan fingerprint density at radius 1 is 1.38 bits per heavy atom. The summed E-state index contributed by atoms with van der Waals surface area (Å²) in [6.45, 7) is 0. The Balaban J connectivity index is 1.86. The molecule has 1 aromatic carbocycles. The lowest BCUT2D eigenvalue weighted by Crippen LogP contribution is -2.19. The molecular weight excluding hydrogens is 220 g/mol. The first-order chi connectivity index (χ1) is 7.74. The van der Waals surface area contributed by atoms with Crippen LogP contribution in [0.25, 0.3) is 0 Å². The Morgan fingerprint density at radius 3 is 2.62 bits per heavy atom. The number of benzene rings is 1. The molecule has 2 rings (SSSR count). The van der Waals surface area contributed by atoms with Crippen LogP contribution in [0.2, 0.25) is 0 Å². The maximum Gasteiger partial charge on any atom is 0.139 e.